The fourth-order valence-corrected chi connectivity index (χ4v) is 3.67. The predicted octanol–water partition coefficient (Wildman–Crippen LogP) is 2.06. The van der Waals surface area contributed by atoms with Gasteiger partial charge in [0.15, 0.2) is 5.82 Å². The second-order valence-corrected chi connectivity index (χ2v) is 7.61. The second kappa shape index (κ2) is 8.16. The van der Waals surface area contributed by atoms with Gasteiger partial charge in [-0.05, 0) is 57.9 Å². The second-order valence-electron chi connectivity index (χ2n) is 7.61. The molecule has 1 aliphatic rings. The molecule has 2 atom stereocenters. The van der Waals surface area contributed by atoms with Gasteiger partial charge >= 0.3 is 0 Å². The molecule has 8 heteroatoms. The molecule has 0 aliphatic carbocycles. The summed E-state index contributed by atoms with van der Waals surface area (Å²) in [7, 11) is 0. The third-order valence-electron chi connectivity index (χ3n) is 5.43. The highest BCUT2D eigenvalue weighted by molar-refractivity contribution is 5.94. The molecule has 0 spiro atoms. The Morgan fingerprint density at radius 2 is 1.90 bits per heavy atom. The van der Waals surface area contributed by atoms with Gasteiger partial charge in [0.2, 0.25) is 5.91 Å². The number of hydroxylamine groups is 1. The maximum absolute atomic E-state index is 13.0. The zero-order valence-electron chi connectivity index (χ0n) is 17.1. The minimum Gasteiger partial charge on any atom is -0.486 e. The van der Waals surface area contributed by atoms with Gasteiger partial charge in [0.05, 0.1) is 5.41 Å². The van der Waals surface area contributed by atoms with E-state index in [9.17, 15) is 9.59 Å². The van der Waals surface area contributed by atoms with Crippen LogP contribution in [0, 0.1) is 13.8 Å². The molecule has 2 unspecified atom stereocenters. The minimum absolute atomic E-state index is 0.133. The number of hydrogen-bond acceptors (Lipinski definition) is 6. The molecule has 0 bridgehead atoms. The van der Waals surface area contributed by atoms with Crippen molar-refractivity contribution >= 4 is 11.8 Å². The summed E-state index contributed by atoms with van der Waals surface area (Å²) in [5.41, 5.74) is 3.54. The molecule has 2 aromatic rings. The van der Waals surface area contributed by atoms with Gasteiger partial charge in [-0.3, -0.25) is 14.8 Å². The van der Waals surface area contributed by atoms with E-state index >= 15 is 0 Å². The molecule has 0 radical (unpaired) electrons. The lowest BCUT2D eigenvalue weighted by Crippen LogP contribution is -2.47. The third kappa shape index (κ3) is 4.22. The van der Waals surface area contributed by atoms with Crippen molar-refractivity contribution in [3.05, 3.63) is 53.1 Å². The van der Waals surface area contributed by atoms with Crippen LogP contribution in [0.5, 0.6) is 5.75 Å². The van der Waals surface area contributed by atoms with Crippen LogP contribution in [0.15, 0.2) is 30.3 Å². The monoisotopic (exact) mass is 398 g/mol. The maximum Gasteiger partial charge on any atom is 0.265 e. The average molecular weight is 398 g/mol. The molecule has 154 valence electrons. The first-order valence-corrected chi connectivity index (χ1v) is 9.54. The van der Waals surface area contributed by atoms with Crippen LogP contribution < -0.4 is 10.2 Å². The molecule has 1 aromatic carbocycles. The summed E-state index contributed by atoms with van der Waals surface area (Å²) in [6, 6.07) is 8.57. The Morgan fingerprint density at radius 3 is 2.48 bits per heavy atom. The first kappa shape index (κ1) is 20.7. The van der Waals surface area contributed by atoms with Crippen LogP contribution in [-0.2, 0) is 21.6 Å². The standard InChI is InChI=1S/C21H26N4O4/c1-13-11-14(2)23-18(22-13)12-29-17-7-5-16(6-8-17)21(4)9-10-25(20(21)27)15(3)19(26)24-28/h5-8,11,15,28H,9-10,12H2,1-4H3,(H,24,26). The number of hydrogen-bond donors (Lipinski definition) is 2. The lowest BCUT2D eigenvalue weighted by molar-refractivity contribution is -0.143. The number of nitrogens with zero attached hydrogens (tertiary/aromatic N) is 3. The van der Waals surface area contributed by atoms with Crippen molar-refractivity contribution in [1.82, 2.24) is 20.3 Å². The summed E-state index contributed by atoms with van der Waals surface area (Å²) >= 11 is 0. The lowest BCUT2D eigenvalue weighted by atomic mass is 9.81. The SMILES string of the molecule is Cc1cc(C)nc(COc2ccc(C3(C)CCN(C(C)C(=O)NO)C3=O)cc2)n1. The summed E-state index contributed by atoms with van der Waals surface area (Å²) in [6.45, 7) is 8.02. The molecule has 1 aromatic heterocycles. The van der Waals surface area contributed by atoms with Crippen LogP contribution >= 0.6 is 0 Å². The van der Waals surface area contributed by atoms with Crippen molar-refractivity contribution in [3.63, 3.8) is 0 Å². The van der Waals surface area contributed by atoms with E-state index in [4.69, 9.17) is 9.94 Å². The largest absolute Gasteiger partial charge is 0.486 e. The first-order chi connectivity index (χ1) is 13.7. The molecular formula is C21H26N4O4. The van der Waals surface area contributed by atoms with E-state index in [0.717, 1.165) is 17.0 Å². The van der Waals surface area contributed by atoms with E-state index in [0.29, 0.717) is 24.5 Å². The molecular weight excluding hydrogens is 372 g/mol. The number of nitrogens with one attached hydrogen (secondary N) is 1. The molecule has 1 saturated heterocycles. The minimum atomic E-state index is -0.727. The van der Waals surface area contributed by atoms with E-state index in [-0.39, 0.29) is 12.5 Å². The molecule has 1 aliphatic heterocycles. The molecule has 8 nitrogen and oxygen atoms in total. The zero-order valence-corrected chi connectivity index (χ0v) is 17.1. The van der Waals surface area contributed by atoms with Crippen molar-refractivity contribution in [2.75, 3.05) is 6.54 Å². The van der Waals surface area contributed by atoms with E-state index in [1.807, 2.05) is 51.1 Å². The van der Waals surface area contributed by atoms with Crippen LogP contribution in [0.3, 0.4) is 0 Å². The average Bonchev–Trinajstić information content (AvgIpc) is 3.00. The van der Waals surface area contributed by atoms with Gasteiger partial charge < -0.3 is 9.64 Å². The zero-order chi connectivity index (χ0) is 21.2. The number of aromatic nitrogens is 2. The highest BCUT2D eigenvalue weighted by Crippen LogP contribution is 2.37. The van der Waals surface area contributed by atoms with Crippen molar-refractivity contribution in [3.8, 4) is 5.75 Å². The quantitative estimate of drug-likeness (QED) is 0.570. The van der Waals surface area contributed by atoms with Gasteiger partial charge in [0.1, 0.15) is 18.4 Å². The van der Waals surface area contributed by atoms with E-state index in [1.165, 1.54) is 4.90 Å². The lowest BCUT2D eigenvalue weighted by Gasteiger charge is -2.27. The van der Waals surface area contributed by atoms with Crippen LogP contribution in [0.4, 0.5) is 0 Å². The normalized spacial score (nSPS) is 19.9. The van der Waals surface area contributed by atoms with Crippen LogP contribution in [0.1, 0.15) is 43.0 Å². The molecule has 2 N–H and O–H groups in total. The number of carbonyl (C=O) groups excluding carboxylic acids is 2. The van der Waals surface area contributed by atoms with Crippen molar-refractivity contribution in [2.45, 2.75) is 52.2 Å². The fraction of sp³-hybridized carbons (Fsp3) is 0.429. The topological polar surface area (TPSA) is 105 Å². The summed E-state index contributed by atoms with van der Waals surface area (Å²) in [4.78, 5) is 34.9. The highest BCUT2D eigenvalue weighted by Gasteiger charge is 2.46. The summed E-state index contributed by atoms with van der Waals surface area (Å²) in [5, 5.41) is 8.83. The Balaban J connectivity index is 1.69. The Hall–Kier alpha value is -3.00. The Morgan fingerprint density at radius 1 is 1.28 bits per heavy atom. The summed E-state index contributed by atoms with van der Waals surface area (Å²) in [6.07, 6.45) is 0.589. The van der Waals surface area contributed by atoms with Gasteiger partial charge in [-0.25, -0.2) is 15.4 Å². The van der Waals surface area contributed by atoms with Crippen molar-refractivity contribution in [1.29, 1.82) is 0 Å². The van der Waals surface area contributed by atoms with Gasteiger partial charge in [-0.1, -0.05) is 12.1 Å². The molecule has 29 heavy (non-hydrogen) atoms. The first-order valence-electron chi connectivity index (χ1n) is 9.54. The number of ether oxygens (including phenoxy) is 1. The number of carbonyl (C=O) groups is 2. The van der Waals surface area contributed by atoms with Crippen LogP contribution in [-0.4, -0.2) is 44.5 Å². The number of benzene rings is 1. The summed E-state index contributed by atoms with van der Waals surface area (Å²) in [5.74, 6) is 0.553. The third-order valence-corrected chi connectivity index (χ3v) is 5.43. The molecule has 1 fully saturated rings. The number of rotatable bonds is 6. The van der Waals surface area contributed by atoms with Gasteiger partial charge in [0, 0.05) is 17.9 Å². The predicted molar refractivity (Wildman–Crippen MR) is 105 cm³/mol. The Bertz CT molecular complexity index is 895. The van der Waals surface area contributed by atoms with Gasteiger partial charge in [-0.2, -0.15) is 0 Å². The fourth-order valence-electron chi connectivity index (χ4n) is 3.67. The van der Waals surface area contributed by atoms with E-state index < -0.39 is 17.4 Å². The molecule has 2 amide bonds. The summed E-state index contributed by atoms with van der Waals surface area (Å²) < 4.78 is 5.78. The van der Waals surface area contributed by atoms with Crippen molar-refractivity contribution in [2.24, 2.45) is 0 Å². The van der Waals surface area contributed by atoms with Crippen LogP contribution in [0.2, 0.25) is 0 Å². The highest BCUT2D eigenvalue weighted by atomic mass is 16.5. The smallest absolute Gasteiger partial charge is 0.265 e. The van der Waals surface area contributed by atoms with E-state index in [1.54, 1.807) is 12.4 Å². The molecule has 2 heterocycles. The number of amides is 2. The molecule has 3 rings (SSSR count). The van der Waals surface area contributed by atoms with Gasteiger partial charge in [0.25, 0.3) is 5.91 Å². The van der Waals surface area contributed by atoms with Crippen molar-refractivity contribution < 1.29 is 19.5 Å². The number of aryl methyl sites for hydroxylation is 2. The Kier molecular flexibility index (Phi) is 5.83. The van der Waals surface area contributed by atoms with Crippen LogP contribution in [0.25, 0.3) is 0 Å². The van der Waals surface area contributed by atoms with E-state index in [2.05, 4.69) is 9.97 Å². The van der Waals surface area contributed by atoms with Gasteiger partial charge in [-0.15, -0.1) is 0 Å². The Labute approximate surface area is 169 Å². The molecule has 0 saturated carbocycles. The maximum atomic E-state index is 13.0. The number of likely N-dealkylation sites (tertiary alicyclic amines) is 1.